The fourth-order valence-electron chi connectivity index (χ4n) is 9.22. The maximum atomic E-state index is 14.5. The van der Waals surface area contributed by atoms with Crippen LogP contribution in [0.3, 0.4) is 0 Å². The summed E-state index contributed by atoms with van der Waals surface area (Å²) in [5, 5.41) is 11.9. The number of benzene rings is 3. The van der Waals surface area contributed by atoms with Crippen molar-refractivity contribution in [1.29, 1.82) is 0 Å². The molecule has 4 saturated carbocycles. The average molecular weight is 625 g/mol. The largest absolute Gasteiger partial charge is 0.493 e. The van der Waals surface area contributed by atoms with Crippen LogP contribution in [-0.4, -0.2) is 55.2 Å². The standard InChI is InChI=1S/C37H40N2O7/c1-44-31-14-25-10-11-39(20-27(25)15-32(31)45-2)35(43)37-18-23-12-24(19-37)17-36(16-23,22-37)28-6-8-30(9-7-28)46-21-33(40)38-29-5-3-4-26(13-29)34(41)42/h3-9,13-15,23-24H,10-12,16-22H2,1-2H3,(H,38,40)(H,41,42). The zero-order valence-electron chi connectivity index (χ0n) is 26.3. The number of aromatic carboxylic acids is 1. The number of rotatable bonds is 9. The van der Waals surface area contributed by atoms with Crippen molar-refractivity contribution in [1.82, 2.24) is 4.90 Å². The highest BCUT2D eigenvalue weighted by molar-refractivity contribution is 5.94. The third-order valence-corrected chi connectivity index (χ3v) is 10.7. The van der Waals surface area contributed by atoms with Gasteiger partial charge in [0, 0.05) is 18.8 Å². The molecule has 9 heteroatoms. The van der Waals surface area contributed by atoms with Crippen LogP contribution in [0.4, 0.5) is 5.69 Å². The second-order valence-electron chi connectivity index (χ2n) is 13.7. The minimum Gasteiger partial charge on any atom is -0.493 e. The maximum absolute atomic E-state index is 14.5. The van der Waals surface area contributed by atoms with E-state index in [4.69, 9.17) is 14.2 Å². The number of anilines is 1. The number of nitrogens with one attached hydrogen (secondary N) is 1. The van der Waals surface area contributed by atoms with Gasteiger partial charge in [-0.2, -0.15) is 0 Å². The summed E-state index contributed by atoms with van der Waals surface area (Å²) in [6, 6.07) is 18.3. The molecule has 4 fully saturated rings. The lowest BCUT2D eigenvalue weighted by molar-refractivity contribution is -0.161. The second-order valence-corrected chi connectivity index (χ2v) is 13.7. The van der Waals surface area contributed by atoms with Crippen LogP contribution in [0, 0.1) is 17.3 Å². The third-order valence-electron chi connectivity index (χ3n) is 10.7. The molecule has 3 aromatic rings. The first-order valence-corrected chi connectivity index (χ1v) is 16.1. The van der Waals surface area contributed by atoms with Crippen molar-refractivity contribution in [3.8, 4) is 17.2 Å². The molecule has 3 aromatic carbocycles. The summed E-state index contributed by atoms with van der Waals surface area (Å²) in [7, 11) is 3.30. The van der Waals surface area contributed by atoms with Crippen molar-refractivity contribution in [2.75, 3.05) is 32.7 Å². The number of amides is 2. The first-order chi connectivity index (χ1) is 22.2. The van der Waals surface area contributed by atoms with E-state index in [2.05, 4.69) is 28.4 Å². The molecule has 1 aliphatic heterocycles. The lowest BCUT2D eigenvalue weighted by Gasteiger charge is -2.62. The molecule has 8 rings (SSSR count). The van der Waals surface area contributed by atoms with Gasteiger partial charge in [0.1, 0.15) is 5.75 Å². The summed E-state index contributed by atoms with van der Waals surface area (Å²) in [5.41, 5.74) is 3.75. The number of fused-ring (bicyclic) bond motifs is 1. The Morgan fingerprint density at radius 3 is 2.28 bits per heavy atom. The van der Waals surface area contributed by atoms with Crippen molar-refractivity contribution < 1.29 is 33.7 Å². The Morgan fingerprint density at radius 2 is 1.61 bits per heavy atom. The number of methoxy groups -OCH3 is 2. The number of carboxylic acids is 1. The lowest BCUT2D eigenvalue weighted by Crippen LogP contribution is -2.60. The minimum atomic E-state index is -1.05. The van der Waals surface area contributed by atoms with Gasteiger partial charge in [-0.25, -0.2) is 4.79 Å². The Hall–Kier alpha value is -4.53. The molecule has 0 aromatic heterocycles. The predicted molar refractivity (Wildman–Crippen MR) is 171 cm³/mol. The van der Waals surface area contributed by atoms with Gasteiger partial charge in [-0.1, -0.05) is 18.2 Å². The van der Waals surface area contributed by atoms with E-state index in [1.807, 2.05) is 18.2 Å². The van der Waals surface area contributed by atoms with Crippen molar-refractivity contribution in [3.05, 3.63) is 82.9 Å². The number of ether oxygens (including phenoxy) is 3. The van der Waals surface area contributed by atoms with Gasteiger partial charge >= 0.3 is 5.97 Å². The molecule has 0 saturated heterocycles. The SMILES string of the molecule is COc1cc2c(cc1OC)CN(C(=O)C13CC4CC(C1)CC(c1ccc(OCC(=O)Nc5cccc(C(=O)O)c5)cc1)(C4)C3)CC2. The molecule has 240 valence electrons. The van der Waals surface area contributed by atoms with Gasteiger partial charge in [-0.15, -0.1) is 0 Å². The van der Waals surface area contributed by atoms with E-state index in [0.29, 0.717) is 41.5 Å². The number of hydrogen-bond donors (Lipinski definition) is 2. The van der Waals surface area contributed by atoms with Crippen molar-refractivity contribution >= 4 is 23.5 Å². The monoisotopic (exact) mass is 624 g/mol. The zero-order chi connectivity index (χ0) is 32.1. The van der Waals surface area contributed by atoms with Gasteiger partial charge in [0.15, 0.2) is 18.1 Å². The summed E-state index contributed by atoms with van der Waals surface area (Å²) in [6.07, 6.45) is 7.06. The van der Waals surface area contributed by atoms with Gasteiger partial charge in [0.2, 0.25) is 5.91 Å². The molecule has 0 radical (unpaired) electrons. The van der Waals surface area contributed by atoms with E-state index >= 15 is 0 Å². The van der Waals surface area contributed by atoms with Crippen LogP contribution < -0.4 is 19.5 Å². The molecule has 4 aliphatic carbocycles. The Labute approximate surface area is 268 Å². The van der Waals surface area contributed by atoms with Gasteiger partial charge in [0.05, 0.1) is 25.2 Å². The van der Waals surface area contributed by atoms with Crippen molar-refractivity contribution in [2.24, 2.45) is 17.3 Å². The molecule has 5 aliphatic rings. The predicted octanol–water partition coefficient (Wildman–Crippen LogP) is 5.84. The van der Waals surface area contributed by atoms with Gasteiger partial charge in [0.25, 0.3) is 5.91 Å². The highest BCUT2D eigenvalue weighted by atomic mass is 16.5. The Balaban J connectivity index is 1.04. The summed E-state index contributed by atoms with van der Waals surface area (Å²) in [4.78, 5) is 40.3. The molecule has 1 heterocycles. The lowest BCUT2D eigenvalue weighted by atomic mass is 9.42. The number of carbonyl (C=O) groups excluding carboxylic acids is 2. The molecule has 4 bridgehead atoms. The van der Waals surface area contributed by atoms with Crippen molar-refractivity contribution in [2.45, 2.75) is 56.9 Å². The molecular weight excluding hydrogens is 584 g/mol. The molecule has 0 spiro atoms. The van der Waals surface area contributed by atoms with Crippen LogP contribution in [0.5, 0.6) is 17.2 Å². The fourth-order valence-corrected chi connectivity index (χ4v) is 9.22. The molecule has 2 amide bonds. The zero-order valence-corrected chi connectivity index (χ0v) is 26.3. The summed E-state index contributed by atoms with van der Waals surface area (Å²) in [6.45, 7) is 1.13. The molecule has 2 N–H and O–H groups in total. The minimum absolute atomic E-state index is 0.0327. The van der Waals surface area contributed by atoms with Crippen LogP contribution >= 0.6 is 0 Å². The van der Waals surface area contributed by atoms with Gasteiger partial charge < -0.3 is 29.5 Å². The first-order valence-electron chi connectivity index (χ1n) is 16.1. The van der Waals surface area contributed by atoms with E-state index in [-0.39, 0.29) is 28.9 Å². The number of nitrogens with zero attached hydrogens (tertiary/aromatic N) is 1. The number of carbonyl (C=O) groups is 3. The summed E-state index contributed by atoms with van der Waals surface area (Å²) in [5.74, 6) is 2.00. The topological polar surface area (TPSA) is 114 Å². The number of carboxylic acid groups (broad SMARTS) is 1. The van der Waals surface area contributed by atoms with Crippen LogP contribution in [0.1, 0.15) is 65.6 Å². The number of hydrogen-bond acceptors (Lipinski definition) is 6. The Kier molecular flexibility index (Phi) is 7.65. The molecule has 9 nitrogen and oxygen atoms in total. The normalized spacial score (nSPS) is 25.8. The summed E-state index contributed by atoms with van der Waals surface area (Å²) >= 11 is 0. The molecule has 2 atom stereocenters. The van der Waals surface area contributed by atoms with E-state index in [9.17, 15) is 19.5 Å². The first kappa shape index (κ1) is 30.1. The van der Waals surface area contributed by atoms with Crippen LogP contribution in [0.15, 0.2) is 60.7 Å². The maximum Gasteiger partial charge on any atom is 0.335 e. The van der Waals surface area contributed by atoms with E-state index < -0.39 is 5.97 Å². The quantitative estimate of drug-likeness (QED) is 0.307. The highest BCUT2D eigenvalue weighted by Crippen LogP contribution is 2.66. The second kappa shape index (κ2) is 11.7. The average Bonchev–Trinajstić information content (AvgIpc) is 3.05. The van der Waals surface area contributed by atoms with E-state index in [0.717, 1.165) is 56.4 Å². The van der Waals surface area contributed by atoms with E-state index in [1.54, 1.807) is 26.4 Å². The summed E-state index contributed by atoms with van der Waals surface area (Å²) < 4.78 is 16.8. The fraction of sp³-hybridized carbons (Fsp3) is 0.432. The van der Waals surface area contributed by atoms with Gasteiger partial charge in [-0.05, 0) is 121 Å². The molecular formula is C37H40N2O7. The van der Waals surface area contributed by atoms with Crippen LogP contribution in [0.25, 0.3) is 0 Å². The third kappa shape index (κ3) is 5.46. The Morgan fingerprint density at radius 1 is 0.913 bits per heavy atom. The molecule has 2 unspecified atom stereocenters. The van der Waals surface area contributed by atoms with Crippen LogP contribution in [0.2, 0.25) is 0 Å². The smallest absolute Gasteiger partial charge is 0.335 e. The van der Waals surface area contributed by atoms with Gasteiger partial charge in [-0.3, -0.25) is 9.59 Å². The Bertz CT molecular complexity index is 1670. The highest BCUT2D eigenvalue weighted by Gasteiger charge is 2.61. The van der Waals surface area contributed by atoms with E-state index in [1.165, 1.54) is 29.7 Å². The van der Waals surface area contributed by atoms with Crippen LogP contribution in [-0.2, 0) is 28.0 Å². The van der Waals surface area contributed by atoms with Crippen molar-refractivity contribution in [3.63, 3.8) is 0 Å². The molecule has 46 heavy (non-hydrogen) atoms.